The number of ether oxygens (including phenoxy) is 1. The maximum atomic E-state index is 13.2. The van der Waals surface area contributed by atoms with E-state index in [4.69, 9.17) is 4.74 Å². The van der Waals surface area contributed by atoms with Crippen LogP contribution in [-0.2, 0) is 22.5 Å². The summed E-state index contributed by atoms with van der Waals surface area (Å²) in [4.78, 5) is 49.5. The summed E-state index contributed by atoms with van der Waals surface area (Å²) in [5.41, 5.74) is 2.67. The predicted molar refractivity (Wildman–Crippen MR) is 141 cm³/mol. The molecule has 2 N–H and O–H groups in total. The molecule has 1 atom stereocenters. The molecule has 0 spiro atoms. The molecule has 0 aromatic carbocycles. The molecule has 1 saturated heterocycles. The SMILES string of the molecule is COC1CCN(Cc2cc3c(nc2C=O)N(C(=O)Nc2cc(NCCSC)c(C#N)cn2)CCC3)C1=O. The zero-order valence-corrected chi connectivity index (χ0v) is 21.6. The van der Waals surface area contributed by atoms with E-state index in [1.54, 1.807) is 22.7 Å². The molecule has 37 heavy (non-hydrogen) atoms. The largest absolute Gasteiger partial charge is 0.383 e. The Balaban J connectivity index is 1.53. The average molecular weight is 524 g/mol. The van der Waals surface area contributed by atoms with Crippen LogP contribution in [0.15, 0.2) is 18.3 Å². The molecule has 0 aliphatic carbocycles. The molecule has 4 heterocycles. The number of fused-ring (bicyclic) bond motifs is 1. The lowest BCUT2D eigenvalue weighted by atomic mass is 10.0. The highest BCUT2D eigenvalue weighted by Gasteiger charge is 2.33. The number of likely N-dealkylation sites (tertiary alicyclic amines) is 1. The monoisotopic (exact) mass is 523 g/mol. The molecule has 4 rings (SSSR count). The van der Waals surface area contributed by atoms with Crippen molar-refractivity contribution in [2.75, 3.05) is 54.3 Å². The fourth-order valence-electron chi connectivity index (χ4n) is 4.50. The van der Waals surface area contributed by atoms with Crippen molar-refractivity contribution < 1.29 is 19.1 Å². The number of nitriles is 1. The third-order valence-corrected chi connectivity index (χ3v) is 7.02. The van der Waals surface area contributed by atoms with Crippen molar-refractivity contribution >= 4 is 47.3 Å². The first-order chi connectivity index (χ1) is 18.0. The molecule has 3 amide bonds. The van der Waals surface area contributed by atoms with Crippen LogP contribution >= 0.6 is 11.8 Å². The standard InChI is InChI=1S/C25H29N7O4S/c1-36-21-5-8-31(24(21)34)14-17-10-16-4-3-7-32(23(16)29-20(17)15-33)25(35)30-22-11-19(27-6-9-37-2)18(12-26)13-28-22/h10-11,13,15,21H,3-9,14H2,1-2H3,(H2,27,28,30,35). The number of anilines is 3. The summed E-state index contributed by atoms with van der Waals surface area (Å²) in [6, 6.07) is 5.18. The van der Waals surface area contributed by atoms with Gasteiger partial charge in [-0.25, -0.2) is 14.8 Å². The smallest absolute Gasteiger partial charge is 0.328 e. The number of aromatic nitrogens is 2. The number of hydrogen-bond acceptors (Lipinski definition) is 9. The van der Waals surface area contributed by atoms with Crippen LogP contribution in [0.25, 0.3) is 0 Å². The minimum atomic E-state index is -0.457. The zero-order chi connectivity index (χ0) is 26.4. The van der Waals surface area contributed by atoms with Gasteiger partial charge in [-0.15, -0.1) is 0 Å². The van der Waals surface area contributed by atoms with Crippen molar-refractivity contribution in [2.45, 2.75) is 31.9 Å². The third kappa shape index (κ3) is 5.84. The van der Waals surface area contributed by atoms with Gasteiger partial charge in [-0.05, 0) is 30.7 Å². The highest BCUT2D eigenvalue weighted by atomic mass is 32.2. The molecular formula is C25H29N7O4S. The van der Waals surface area contributed by atoms with Gasteiger partial charge in [0.05, 0.1) is 11.3 Å². The molecule has 2 aromatic rings. The van der Waals surface area contributed by atoms with Gasteiger partial charge >= 0.3 is 6.03 Å². The van der Waals surface area contributed by atoms with E-state index in [0.29, 0.717) is 67.2 Å². The van der Waals surface area contributed by atoms with E-state index in [9.17, 15) is 19.6 Å². The summed E-state index contributed by atoms with van der Waals surface area (Å²) in [6.45, 7) is 1.91. The molecule has 2 aliphatic rings. The van der Waals surface area contributed by atoms with Crippen LogP contribution < -0.4 is 15.5 Å². The minimum Gasteiger partial charge on any atom is -0.383 e. The Labute approximate surface area is 219 Å². The normalized spacial score (nSPS) is 16.8. The lowest BCUT2D eigenvalue weighted by Crippen LogP contribution is -2.40. The van der Waals surface area contributed by atoms with E-state index in [0.717, 1.165) is 17.7 Å². The number of carbonyl (C=O) groups is 3. The maximum Gasteiger partial charge on any atom is 0.328 e. The lowest BCUT2D eigenvalue weighted by molar-refractivity contribution is -0.136. The molecule has 0 saturated carbocycles. The van der Waals surface area contributed by atoms with Crippen molar-refractivity contribution in [3.8, 4) is 6.07 Å². The number of aldehydes is 1. The van der Waals surface area contributed by atoms with Crippen molar-refractivity contribution in [3.05, 3.63) is 40.7 Å². The van der Waals surface area contributed by atoms with Crippen LogP contribution in [0.2, 0.25) is 0 Å². The van der Waals surface area contributed by atoms with E-state index in [-0.39, 0.29) is 18.1 Å². The Hall–Kier alpha value is -3.69. The second-order valence-corrected chi connectivity index (χ2v) is 9.72. The van der Waals surface area contributed by atoms with Crippen LogP contribution in [0, 0.1) is 11.3 Å². The highest BCUT2D eigenvalue weighted by molar-refractivity contribution is 7.98. The van der Waals surface area contributed by atoms with Crippen LogP contribution in [0.1, 0.15) is 40.0 Å². The van der Waals surface area contributed by atoms with Crippen LogP contribution in [-0.4, -0.2) is 77.9 Å². The van der Waals surface area contributed by atoms with Crippen LogP contribution in [0.4, 0.5) is 22.1 Å². The molecule has 11 nitrogen and oxygen atoms in total. The van der Waals surface area contributed by atoms with Gasteiger partial charge in [0.15, 0.2) is 6.29 Å². The number of methoxy groups -OCH3 is 1. The molecule has 12 heteroatoms. The summed E-state index contributed by atoms with van der Waals surface area (Å²) >= 11 is 1.68. The van der Waals surface area contributed by atoms with Crippen molar-refractivity contribution in [2.24, 2.45) is 0 Å². The minimum absolute atomic E-state index is 0.102. The second kappa shape index (κ2) is 12.0. The predicted octanol–water partition coefficient (Wildman–Crippen LogP) is 2.67. The zero-order valence-electron chi connectivity index (χ0n) is 20.8. The molecule has 1 fully saturated rings. The first-order valence-corrected chi connectivity index (χ1v) is 13.4. The Kier molecular flexibility index (Phi) is 8.58. The number of urea groups is 1. The number of nitrogens with one attached hydrogen (secondary N) is 2. The number of aryl methyl sites for hydroxylation is 1. The van der Waals surface area contributed by atoms with E-state index >= 15 is 0 Å². The summed E-state index contributed by atoms with van der Waals surface area (Å²) in [6.07, 6.45) is 5.65. The van der Waals surface area contributed by atoms with Gasteiger partial charge in [0.2, 0.25) is 0 Å². The van der Waals surface area contributed by atoms with E-state index in [2.05, 4.69) is 26.7 Å². The van der Waals surface area contributed by atoms with E-state index < -0.39 is 12.1 Å². The number of nitrogens with zero attached hydrogens (tertiary/aromatic N) is 5. The summed E-state index contributed by atoms with van der Waals surface area (Å²) in [5, 5.41) is 15.4. The maximum absolute atomic E-state index is 13.2. The number of pyridine rings is 2. The first-order valence-electron chi connectivity index (χ1n) is 12.0. The Morgan fingerprint density at radius 3 is 2.92 bits per heavy atom. The number of hydrogen-bond donors (Lipinski definition) is 2. The fourth-order valence-corrected chi connectivity index (χ4v) is 4.81. The van der Waals surface area contributed by atoms with Crippen molar-refractivity contribution in [3.63, 3.8) is 0 Å². The van der Waals surface area contributed by atoms with E-state index in [1.165, 1.54) is 18.2 Å². The average Bonchev–Trinajstić information content (AvgIpc) is 3.26. The second-order valence-electron chi connectivity index (χ2n) is 8.74. The van der Waals surface area contributed by atoms with Crippen molar-refractivity contribution in [1.29, 1.82) is 5.26 Å². The van der Waals surface area contributed by atoms with Gasteiger partial charge in [-0.3, -0.25) is 19.8 Å². The fraction of sp³-hybridized carbons (Fsp3) is 0.440. The van der Waals surface area contributed by atoms with Gasteiger partial charge in [0, 0.05) is 63.3 Å². The van der Waals surface area contributed by atoms with E-state index in [1.807, 2.05) is 12.3 Å². The van der Waals surface area contributed by atoms with Gasteiger partial charge in [0.1, 0.15) is 29.5 Å². The summed E-state index contributed by atoms with van der Waals surface area (Å²) < 4.78 is 5.22. The van der Waals surface area contributed by atoms with Gasteiger partial charge in [0.25, 0.3) is 5.91 Å². The number of carbonyl (C=O) groups excluding carboxylic acids is 3. The van der Waals surface area contributed by atoms with Crippen molar-refractivity contribution in [1.82, 2.24) is 14.9 Å². The molecule has 2 aliphatic heterocycles. The molecular weight excluding hydrogens is 494 g/mol. The lowest BCUT2D eigenvalue weighted by Gasteiger charge is -2.29. The molecule has 0 bridgehead atoms. The first kappa shape index (κ1) is 26.4. The number of thioether (sulfide) groups is 1. The Morgan fingerprint density at radius 2 is 2.22 bits per heavy atom. The van der Waals surface area contributed by atoms with Gasteiger partial charge < -0.3 is 15.0 Å². The third-order valence-electron chi connectivity index (χ3n) is 6.41. The summed E-state index contributed by atoms with van der Waals surface area (Å²) in [7, 11) is 1.51. The van der Waals surface area contributed by atoms with Gasteiger partial charge in [-0.2, -0.15) is 17.0 Å². The number of amides is 3. The molecule has 0 radical (unpaired) electrons. The Bertz CT molecular complexity index is 1230. The number of rotatable bonds is 9. The van der Waals surface area contributed by atoms with Crippen LogP contribution in [0.5, 0.6) is 0 Å². The molecule has 194 valence electrons. The van der Waals surface area contributed by atoms with Gasteiger partial charge in [-0.1, -0.05) is 0 Å². The van der Waals surface area contributed by atoms with Crippen LogP contribution in [0.3, 0.4) is 0 Å². The highest BCUT2D eigenvalue weighted by Crippen LogP contribution is 2.29. The topological polar surface area (TPSA) is 141 Å². The molecule has 2 aromatic heterocycles. The quantitative estimate of drug-likeness (QED) is 0.375. The Morgan fingerprint density at radius 1 is 1.38 bits per heavy atom. The summed E-state index contributed by atoms with van der Waals surface area (Å²) in [5.74, 6) is 1.49. The molecule has 1 unspecified atom stereocenters.